The van der Waals surface area contributed by atoms with E-state index >= 15 is 0 Å². The minimum atomic E-state index is -1.18. The Morgan fingerprint density at radius 1 is 1.11 bits per heavy atom. The van der Waals surface area contributed by atoms with Crippen molar-refractivity contribution in [3.8, 4) is 5.75 Å². The number of rotatable bonds is 9. The molecule has 198 valence electrons. The zero-order valence-corrected chi connectivity index (χ0v) is 22.1. The Kier molecular flexibility index (Phi) is 7.91. The fraction of sp³-hybridized carbons (Fsp3) is 0.269. The molecule has 4 rings (SSSR count). The molecule has 3 aromatic rings. The summed E-state index contributed by atoms with van der Waals surface area (Å²) in [5.74, 6) is -1.21. The molecule has 1 aliphatic rings. The second kappa shape index (κ2) is 11.3. The maximum Gasteiger partial charge on any atom is 0.357 e. The van der Waals surface area contributed by atoms with Crippen LogP contribution in [-0.4, -0.2) is 68.1 Å². The van der Waals surface area contributed by atoms with Crippen LogP contribution in [-0.2, 0) is 20.7 Å². The highest BCUT2D eigenvalue weighted by molar-refractivity contribution is 7.14. The molecule has 38 heavy (non-hydrogen) atoms. The monoisotopic (exact) mass is 537 g/mol. The summed E-state index contributed by atoms with van der Waals surface area (Å²) in [7, 11) is 6.58. The van der Waals surface area contributed by atoms with E-state index in [9.17, 15) is 19.2 Å². The molecule has 0 bridgehead atoms. The summed E-state index contributed by atoms with van der Waals surface area (Å²) in [6.45, 7) is 0. The molecular weight excluding hydrogens is 510 g/mol. The summed E-state index contributed by atoms with van der Waals surface area (Å²) >= 11 is 1.03. The molecule has 12 heteroatoms. The highest BCUT2D eigenvalue weighted by atomic mass is 32.1. The lowest BCUT2D eigenvalue weighted by Crippen LogP contribution is -2.49. The van der Waals surface area contributed by atoms with Crippen LogP contribution in [0.2, 0.25) is 0 Å². The quantitative estimate of drug-likeness (QED) is 0.315. The molecule has 1 aromatic heterocycles. The van der Waals surface area contributed by atoms with Gasteiger partial charge in [-0.25, -0.2) is 19.5 Å². The number of benzene rings is 2. The maximum atomic E-state index is 13.5. The Balaban J connectivity index is 1.62. The highest BCUT2D eigenvalue weighted by Gasteiger charge is 2.45. The van der Waals surface area contributed by atoms with Gasteiger partial charge in [0.15, 0.2) is 10.8 Å². The smallest absolute Gasteiger partial charge is 0.357 e. The second-order valence-electron chi connectivity index (χ2n) is 8.66. The number of hydrogen-bond donors (Lipinski definition) is 2. The number of esters is 1. The molecule has 2 heterocycles. The molecular formula is C26H27N5O6S. The lowest BCUT2D eigenvalue weighted by molar-refractivity contribution is -0.134. The van der Waals surface area contributed by atoms with Crippen molar-refractivity contribution in [3.05, 3.63) is 70.7 Å². The van der Waals surface area contributed by atoms with Crippen LogP contribution in [0.1, 0.15) is 27.7 Å². The van der Waals surface area contributed by atoms with E-state index in [1.54, 1.807) is 24.3 Å². The van der Waals surface area contributed by atoms with Gasteiger partial charge in [-0.2, -0.15) is 0 Å². The average molecular weight is 538 g/mol. The van der Waals surface area contributed by atoms with Crippen molar-refractivity contribution in [1.82, 2.24) is 15.2 Å². The van der Waals surface area contributed by atoms with Crippen molar-refractivity contribution >= 4 is 46.0 Å². The third kappa shape index (κ3) is 5.59. The molecule has 0 saturated carbocycles. The van der Waals surface area contributed by atoms with Crippen LogP contribution in [0.25, 0.3) is 0 Å². The molecule has 11 nitrogen and oxygen atoms in total. The van der Waals surface area contributed by atoms with E-state index in [1.807, 2.05) is 43.3 Å². The Bertz CT molecular complexity index is 1340. The average Bonchev–Trinajstić information content (AvgIpc) is 3.50. The Hall–Kier alpha value is -4.45. The fourth-order valence-electron chi connectivity index (χ4n) is 3.98. The lowest BCUT2D eigenvalue weighted by atomic mass is 10.0. The van der Waals surface area contributed by atoms with Gasteiger partial charge < -0.3 is 25.0 Å². The molecule has 2 aromatic carbocycles. The SMILES string of the molecule is COC(=O)c1csc(NC(=O)[C@H](Cc2ccc(N(C)C)cc2)N2C(=O)N[C@H](c3ccc(OC)cc3)C2=O)n1. The molecule has 4 amide bonds. The van der Waals surface area contributed by atoms with Crippen LogP contribution >= 0.6 is 11.3 Å². The van der Waals surface area contributed by atoms with Crippen molar-refractivity contribution in [2.45, 2.75) is 18.5 Å². The summed E-state index contributed by atoms with van der Waals surface area (Å²) in [4.78, 5) is 58.8. The van der Waals surface area contributed by atoms with E-state index in [4.69, 9.17) is 4.74 Å². The number of thiazole rings is 1. The fourth-order valence-corrected chi connectivity index (χ4v) is 4.67. The van der Waals surface area contributed by atoms with E-state index in [0.29, 0.717) is 11.3 Å². The van der Waals surface area contributed by atoms with Gasteiger partial charge in [0.05, 0.1) is 14.2 Å². The summed E-state index contributed by atoms with van der Waals surface area (Å²) in [5, 5.41) is 6.91. The zero-order chi connectivity index (χ0) is 27.4. The number of aromatic nitrogens is 1. The molecule has 0 radical (unpaired) electrons. The second-order valence-corrected chi connectivity index (χ2v) is 9.52. The zero-order valence-electron chi connectivity index (χ0n) is 21.3. The van der Waals surface area contributed by atoms with Crippen LogP contribution in [0.3, 0.4) is 0 Å². The van der Waals surface area contributed by atoms with Gasteiger partial charge in [0.25, 0.3) is 5.91 Å². The molecule has 2 N–H and O–H groups in total. The summed E-state index contributed by atoms with van der Waals surface area (Å²) in [6.07, 6.45) is 0.0727. The predicted molar refractivity (Wildman–Crippen MR) is 141 cm³/mol. The van der Waals surface area contributed by atoms with Crippen molar-refractivity contribution < 1.29 is 28.7 Å². The van der Waals surface area contributed by atoms with Gasteiger partial charge in [-0.05, 0) is 35.4 Å². The van der Waals surface area contributed by atoms with E-state index < -0.39 is 35.9 Å². The summed E-state index contributed by atoms with van der Waals surface area (Å²) in [5.41, 5.74) is 2.31. The topological polar surface area (TPSA) is 130 Å². The number of methoxy groups -OCH3 is 2. The number of nitrogens with one attached hydrogen (secondary N) is 2. The predicted octanol–water partition coefficient (Wildman–Crippen LogP) is 2.85. The van der Waals surface area contributed by atoms with Crippen molar-refractivity contribution in [3.63, 3.8) is 0 Å². The highest BCUT2D eigenvalue weighted by Crippen LogP contribution is 2.28. The van der Waals surface area contributed by atoms with Gasteiger partial charge >= 0.3 is 12.0 Å². The van der Waals surface area contributed by atoms with E-state index in [0.717, 1.165) is 27.5 Å². The van der Waals surface area contributed by atoms with Gasteiger partial charge in [-0.3, -0.25) is 9.59 Å². The Morgan fingerprint density at radius 3 is 2.39 bits per heavy atom. The van der Waals surface area contributed by atoms with Gasteiger partial charge in [0, 0.05) is 31.6 Å². The normalized spacial score (nSPS) is 15.6. The Labute approximate surface area is 223 Å². The van der Waals surface area contributed by atoms with Crippen LogP contribution in [0, 0.1) is 0 Å². The number of hydrogen-bond acceptors (Lipinski definition) is 9. The number of ether oxygens (including phenoxy) is 2. The molecule has 1 fully saturated rings. The summed E-state index contributed by atoms with van der Waals surface area (Å²) in [6, 6.07) is 11.4. The summed E-state index contributed by atoms with van der Waals surface area (Å²) < 4.78 is 9.83. The van der Waals surface area contributed by atoms with Crippen LogP contribution < -0.4 is 20.3 Å². The lowest BCUT2D eigenvalue weighted by Gasteiger charge is -2.24. The van der Waals surface area contributed by atoms with Crippen molar-refractivity contribution in [2.24, 2.45) is 0 Å². The standard InChI is InChI=1S/C26H27N5O6S/c1-30(2)17-9-5-15(6-10-17)13-20(22(32)29-25-27-19(14-38-25)24(34)37-4)31-23(33)21(28-26(31)35)16-7-11-18(36-3)12-8-16/h5-12,14,20-21H,13H2,1-4H3,(H,28,35)(H,27,29,32)/t20-,21+/m0/s1. The molecule has 0 unspecified atom stereocenters. The largest absolute Gasteiger partial charge is 0.497 e. The number of carbonyl (C=O) groups is 4. The number of anilines is 2. The first-order valence-corrected chi connectivity index (χ1v) is 12.5. The molecule has 1 aliphatic heterocycles. The Morgan fingerprint density at radius 2 is 1.79 bits per heavy atom. The first-order valence-electron chi connectivity index (χ1n) is 11.6. The van der Waals surface area contributed by atoms with Gasteiger partial charge in [-0.1, -0.05) is 24.3 Å². The van der Waals surface area contributed by atoms with Crippen LogP contribution in [0.5, 0.6) is 5.75 Å². The molecule has 2 atom stereocenters. The number of imide groups is 1. The number of amides is 4. The van der Waals surface area contributed by atoms with E-state index in [-0.39, 0.29) is 17.2 Å². The molecule has 1 saturated heterocycles. The third-order valence-electron chi connectivity index (χ3n) is 6.05. The van der Waals surface area contributed by atoms with E-state index in [1.165, 1.54) is 19.6 Å². The minimum absolute atomic E-state index is 0.0400. The van der Waals surface area contributed by atoms with Crippen molar-refractivity contribution in [2.75, 3.05) is 38.5 Å². The number of nitrogens with zero attached hydrogens (tertiary/aromatic N) is 3. The van der Waals surface area contributed by atoms with Gasteiger partial charge in [0.1, 0.15) is 17.8 Å². The van der Waals surface area contributed by atoms with Crippen LogP contribution in [0.15, 0.2) is 53.9 Å². The van der Waals surface area contributed by atoms with Gasteiger partial charge in [0.2, 0.25) is 5.91 Å². The minimum Gasteiger partial charge on any atom is -0.497 e. The maximum absolute atomic E-state index is 13.5. The van der Waals surface area contributed by atoms with Crippen molar-refractivity contribution in [1.29, 1.82) is 0 Å². The number of carbonyl (C=O) groups excluding carboxylic acids is 4. The number of urea groups is 1. The first-order chi connectivity index (χ1) is 18.2. The first kappa shape index (κ1) is 26.6. The van der Waals surface area contributed by atoms with E-state index in [2.05, 4.69) is 20.4 Å². The molecule has 0 spiro atoms. The molecule has 0 aliphatic carbocycles. The van der Waals surface area contributed by atoms with Gasteiger partial charge in [-0.15, -0.1) is 11.3 Å². The third-order valence-corrected chi connectivity index (χ3v) is 6.80. The van der Waals surface area contributed by atoms with Crippen LogP contribution in [0.4, 0.5) is 15.6 Å².